The van der Waals surface area contributed by atoms with Crippen LogP contribution in [0.4, 0.5) is 10.5 Å². The van der Waals surface area contributed by atoms with E-state index in [0.29, 0.717) is 17.9 Å². The first kappa shape index (κ1) is 17.7. The minimum absolute atomic E-state index is 0.170. The fraction of sp³-hybridized carbons (Fsp3) is 0.111. The van der Waals surface area contributed by atoms with Crippen molar-refractivity contribution in [1.29, 1.82) is 0 Å². The summed E-state index contributed by atoms with van der Waals surface area (Å²) in [6.45, 7) is 0.401. The Balaban J connectivity index is 1.70. The molecule has 0 atom stereocenters. The molecular weight excluding hydrogens is 352 g/mol. The molecule has 0 saturated carbocycles. The molecule has 3 aromatic rings. The molecule has 0 bridgehead atoms. The number of nitrogens with zero attached hydrogens (tertiary/aromatic N) is 2. The van der Waals surface area contributed by atoms with Crippen LogP contribution in [0.15, 0.2) is 71.9 Å². The molecule has 0 radical (unpaired) electrons. The topological polar surface area (TPSA) is 93.1 Å². The van der Waals surface area contributed by atoms with E-state index in [1.807, 2.05) is 30.3 Å². The summed E-state index contributed by atoms with van der Waals surface area (Å²) in [4.78, 5) is 12.2. The fourth-order valence-corrected chi connectivity index (χ4v) is 3.30. The van der Waals surface area contributed by atoms with Gasteiger partial charge in [0.05, 0.1) is 28.7 Å². The Morgan fingerprint density at radius 3 is 2.50 bits per heavy atom. The van der Waals surface area contributed by atoms with Gasteiger partial charge in [-0.3, -0.25) is 0 Å². The summed E-state index contributed by atoms with van der Waals surface area (Å²) in [6.07, 6.45) is 4.17. The van der Waals surface area contributed by atoms with Crippen molar-refractivity contribution in [3.63, 3.8) is 0 Å². The second-order valence-electron chi connectivity index (χ2n) is 5.71. The van der Waals surface area contributed by atoms with Crippen LogP contribution in [-0.4, -0.2) is 30.5 Å². The van der Waals surface area contributed by atoms with Gasteiger partial charge in [-0.2, -0.15) is 5.10 Å². The average molecular weight is 370 g/mol. The summed E-state index contributed by atoms with van der Waals surface area (Å²) in [5, 5.41) is 9.57. The van der Waals surface area contributed by atoms with E-state index in [4.69, 9.17) is 0 Å². The SMILES string of the molecule is CS(=O)(=O)c1ccccc1-n1cc(NC(=O)NCc2ccccc2)cn1. The number of aromatic nitrogens is 2. The molecule has 2 aromatic carbocycles. The van der Waals surface area contributed by atoms with Crippen LogP contribution in [0.25, 0.3) is 5.69 Å². The first-order chi connectivity index (χ1) is 12.4. The number of carbonyl (C=O) groups excluding carboxylic acids is 1. The molecule has 0 saturated heterocycles. The van der Waals surface area contributed by atoms with Crippen LogP contribution < -0.4 is 10.6 Å². The molecule has 3 rings (SSSR count). The van der Waals surface area contributed by atoms with Gasteiger partial charge < -0.3 is 10.6 Å². The van der Waals surface area contributed by atoms with E-state index in [9.17, 15) is 13.2 Å². The smallest absolute Gasteiger partial charge is 0.319 e. The van der Waals surface area contributed by atoms with Gasteiger partial charge in [-0.05, 0) is 17.7 Å². The van der Waals surface area contributed by atoms with Crippen molar-refractivity contribution < 1.29 is 13.2 Å². The van der Waals surface area contributed by atoms with Crippen molar-refractivity contribution in [2.24, 2.45) is 0 Å². The van der Waals surface area contributed by atoms with Crippen LogP contribution in [0, 0.1) is 0 Å². The molecule has 0 fully saturated rings. The molecule has 26 heavy (non-hydrogen) atoms. The normalized spacial score (nSPS) is 11.1. The number of amides is 2. The highest BCUT2D eigenvalue weighted by Gasteiger charge is 2.15. The molecule has 1 heterocycles. The number of urea groups is 1. The van der Waals surface area contributed by atoms with Gasteiger partial charge in [-0.1, -0.05) is 42.5 Å². The zero-order valence-electron chi connectivity index (χ0n) is 14.1. The second-order valence-corrected chi connectivity index (χ2v) is 7.69. The third kappa shape index (κ3) is 4.28. The molecule has 2 N–H and O–H groups in total. The van der Waals surface area contributed by atoms with E-state index in [1.165, 1.54) is 16.9 Å². The van der Waals surface area contributed by atoms with Crippen molar-refractivity contribution in [2.45, 2.75) is 11.4 Å². The van der Waals surface area contributed by atoms with Crippen LogP contribution >= 0.6 is 0 Å². The highest BCUT2D eigenvalue weighted by atomic mass is 32.2. The summed E-state index contributed by atoms with van der Waals surface area (Å²) >= 11 is 0. The molecule has 2 amide bonds. The molecule has 0 aliphatic carbocycles. The van der Waals surface area contributed by atoms with E-state index in [0.717, 1.165) is 11.8 Å². The lowest BCUT2D eigenvalue weighted by atomic mass is 10.2. The summed E-state index contributed by atoms with van der Waals surface area (Å²) in [6, 6.07) is 15.7. The fourth-order valence-electron chi connectivity index (χ4n) is 2.43. The van der Waals surface area contributed by atoms with Gasteiger partial charge in [0.1, 0.15) is 0 Å². The first-order valence-corrected chi connectivity index (χ1v) is 9.75. The van der Waals surface area contributed by atoms with Crippen molar-refractivity contribution >= 4 is 21.6 Å². The third-order valence-electron chi connectivity index (χ3n) is 3.65. The van der Waals surface area contributed by atoms with Gasteiger partial charge in [0, 0.05) is 12.8 Å². The minimum Gasteiger partial charge on any atom is -0.334 e. The molecule has 1 aromatic heterocycles. The summed E-state index contributed by atoms with van der Waals surface area (Å²) < 4.78 is 25.2. The summed E-state index contributed by atoms with van der Waals surface area (Å²) in [5.41, 5.74) is 1.87. The van der Waals surface area contributed by atoms with E-state index < -0.39 is 9.84 Å². The number of carbonyl (C=O) groups is 1. The summed E-state index contributed by atoms with van der Waals surface area (Å²) in [7, 11) is -3.40. The van der Waals surface area contributed by atoms with Crippen LogP contribution in [0.2, 0.25) is 0 Å². The van der Waals surface area contributed by atoms with E-state index in [2.05, 4.69) is 15.7 Å². The van der Waals surface area contributed by atoms with Crippen LogP contribution in [0.3, 0.4) is 0 Å². The highest BCUT2D eigenvalue weighted by molar-refractivity contribution is 7.90. The number of hydrogen-bond acceptors (Lipinski definition) is 4. The standard InChI is InChI=1S/C18H18N4O3S/c1-26(24,25)17-10-6-5-9-16(17)22-13-15(12-20-22)21-18(23)19-11-14-7-3-2-4-8-14/h2-10,12-13H,11H2,1H3,(H2,19,21,23). The number of sulfone groups is 1. The zero-order valence-corrected chi connectivity index (χ0v) is 14.9. The zero-order chi connectivity index (χ0) is 18.6. The van der Waals surface area contributed by atoms with E-state index in [-0.39, 0.29) is 10.9 Å². The van der Waals surface area contributed by atoms with Gasteiger partial charge in [0.25, 0.3) is 0 Å². The lowest BCUT2D eigenvalue weighted by molar-refractivity contribution is 0.251. The van der Waals surface area contributed by atoms with Crippen molar-refractivity contribution in [3.8, 4) is 5.69 Å². The Kier molecular flexibility index (Phi) is 5.04. The van der Waals surface area contributed by atoms with Crippen molar-refractivity contribution in [1.82, 2.24) is 15.1 Å². The molecule has 134 valence electrons. The van der Waals surface area contributed by atoms with Gasteiger partial charge in [-0.25, -0.2) is 17.9 Å². The average Bonchev–Trinajstić information content (AvgIpc) is 3.08. The van der Waals surface area contributed by atoms with Crippen LogP contribution in [0.5, 0.6) is 0 Å². The Morgan fingerprint density at radius 2 is 1.77 bits per heavy atom. The van der Waals surface area contributed by atoms with Gasteiger partial charge in [-0.15, -0.1) is 0 Å². The monoisotopic (exact) mass is 370 g/mol. The predicted octanol–water partition coefficient (Wildman–Crippen LogP) is 2.60. The lowest BCUT2D eigenvalue weighted by Gasteiger charge is -2.07. The Bertz CT molecular complexity index is 1010. The second kappa shape index (κ2) is 7.40. The predicted molar refractivity (Wildman–Crippen MR) is 99.0 cm³/mol. The molecule has 0 aliphatic heterocycles. The molecule has 8 heteroatoms. The Hall–Kier alpha value is -3.13. The number of rotatable bonds is 5. The number of hydrogen-bond donors (Lipinski definition) is 2. The van der Waals surface area contributed by atoms with Gasteiger partial charge in [0.2, 0.25) is 0 Å². The molecule has 0 aliphatic rings. The van der Waals surface area contributed by atoms with Crippen molar-refractivity contribution in [3.05, 3.63) is 72.6 Å². The molecule has 0 spiro atoms. The minimum atomic E-state index is -3.40. The quantitative estimate of drug-likeness (QED) is 0.722. The van der Waals surface area contributed by atoms with Gasteiger partial charge >= 0.3 is 6.03 Å². The lowest BCUT2D eigenvalue weighted by Crippen LogP contribution is -2.27. The molecule has 0 unspecified atom stereocenters. The third-order valence-corrected chi connectivity index (χ3v) is 4.79. The number of nitrogens with one attached hydrogen (secondary N) is 2. The first-order valence-electron chi connectivity index (χ1n) is 7.86. The maximum absolute atomic E-state index is 12.0. The van der Waals surface area contributed by atoms with E-state index >= 15 is 0 Å². The molecule has 7 nitrogen and oxygen atoms in total. The van der Waals surface area contributed by atoms with E-state index in [1.54, 1.807) is 24.4 Å². The largest absolute Gasteiger partial charge is 0.334 e. The van der Waals surface area contributed by atoms with Crippen LogP contribution in [-0.2, 0) is 16.4 Å². The Morgan fingerprint density at radius 1 is 1.08 bits per heavy atom. The number of anilines is 1. The Labute approximate surface area is 151 Å². The van der Waals surface area contributed by atoms with Crippen LogP contribution in [0.1, 0.15) is 5.56 Å². The van der Waals surface area contributed by atoms with Gasteiger partial charge in [0.15, 0.2) is 9.84 Å². The maximum atomic E-state index is 12.0. The molecular formula is C18H18N4O3S. The summed E-state index contributed by atoms with van der Waals surface area (Å²) in [5.74, 6) is 0. The number of benzene rings is 2. The van der Waals surface area contributed by atoms with Crippen molar-refractivity contribution in [2.75, 3.05) is 11.6 Å². The maximum Gasteiger partial charge on any atom is 0.319 e. The number of para-hydroxylation sites is 1. The highest BCUT2D eigenvalue weighted by Crippen LogP contribution is 2.20.